The summed E-state index contributed by atoms with van der Waals surface area (Å²) in [5.74, 6) is -0.393. The summed E-state index contributed by atoms with van der Waals surface area (Å²) in [7, 11) is 0. The summed E-state index contributed by atoms with van der Waals surface area (Å²) in [5, 5.41) is 18.6. The van der Waals surface area contributed by atoms with E-state index in [0.29, 0.717) is 6.54 Å². The normalized spacial score (nSPS) is 9.76. The number of nitro benzene ring substituents is 1. The monoisotopic (exact) mass is 295 g/mol. The third-order valence-electron chi connectivity index (χ3n) is 2.53. The highest BCUT2D eigenvalue weighted by Crippen LogP contribution is 2.25. The summed E-state index contributed by atoms with van der Waals surface area (Å²) in [6.07, 6.45) is 0. The van der Waals surface area contributed by atoms with Crippen molar-refractivity contribution in [3.63, 3.8) is 0 Å². The highest BCUT2D eigenvalue weighted by Gasteiger charge is 2.16. The van der Waals surface area contributed by atoms with Crippen LogP contribution in [0, 0.1) is 10.1 Å². The first-order chi connectivity index (χ1) is 9.95. The molecule has 0 aliphatic carbocycles. The molecule has 0 heterocycles. The van der Waals surface area contributed by atoms with Crippen molar-refractivity contribution in [3.8, 4) is 0 Å². The summed E-state index contributed by atoms with van der Waals surface area (Å²) in [6, 6.07) is 3.39. The van der Waals surface area contributed by atoms with Gasteiger partial charge >= 0.3 is 6.03 Å². The number of hydrogen-bond acceptors (Lipinski definition) is 5. The average Bonchev–Trinajstić information content (AvgIpc) is 2.43. The number of hydrogen-bond donors (Lipinski definition) is 4. The fourth-order valence-electron chi connectivity index (χ4n) is 1.63. The number of nitrogens with zero attached hydrogens (tertiary/aromatic N) is 1. The fraction of sp³-hybridized carbons (Fsp3) is 0.333. The molecule has 0 aromatic heterocycles. The number of anilines is 1. The molecular formula is C12H17N5O4. The van der Waals surface area contributed by atoms with Crippen LogP contribution in [-0.2, 0) is 0 Å². The molecule has 0 saturated carbocycles. The molecule has 0 aliphatic rings. The van der Waals surface area contributed by atoms with Crippen molar-refractivity contribution in [1.82, 2.24) is 10.6 Å². The van der Waals surface area contributed by atoms with E-state index in [0.717, 1.165) is 0 Å². The molecule has 114 valence electrons. The molecule has 0 spiro atoms. The molecule has 1 aromatic carbocycles. The van der Waals surface area contributed by atoms with E-state index in [4.69, 9.17) is 5.73 Å². The highest BCUT2D eigenvalue weighted by molar-refractivity contribution is 5.95. The Labute approximate surface area is 121 Å². The Morgan fingerprint density at radius 1 is 1.29 bits per heavy atom. The summed E-state index contributed by atoms with van der Waals surface area (Å²) >= 11 is 0. The standard InChI is InChI=1S/C12H17N5O4/c1-2-14-9-7-8(3-4-10(9)17(20)21)11(18)15-5-6-16-12(13)19/h3-4,7,14H,2,5-6H2,1H3,(H,15,18)(H3,13,16,19). The maximum atomic E-state index is 11.9. The molecule has 9 heteroatoms. The quantitative estimate of drug-likeness (QED) is 0.328. The summed E-state index contributed by atoms with van der Waals surface area (Å²) in [6.45, 7) is 2.70. The first kappa shape index (κ1) is 16.2. The van der Waals surface area contributed by atoms with Crippen molar-refractivity contribution in [2.24, 2.45) is 5.73 Å². The summed E-state index contributed by atoms with van der Waals surface area (Å²) in [5.41, 5.74) is 5.36. The number of nitro groups is 1. The second-order valence-corrected chi connectivity index (χ2v) is 4.07. The molecule has 21 heavy (non-hydrogen) atoms. The van der Waals surface area contributed by atoms with Gasteiger partial charge in [-0.25, -0.2) is 4.79 Å². The van der Waals surface area contributed by atoms with Gasteiger partial charge in [0, 0.05) is 31.3 Å². The highest BCUT2D eigenvalue weighted by atomic mass is 16.6. The van der Waals surface area contributed by atoms with Gasteiger partial charge < -0.3 is 21.7 Å². The lowest BCUT2D eigenvalue weighted by atomic mass is 10.1. The Morgan fingerprint density at radius 3 is 2.52 bits per heavy atom. The molecule has 0 saturated heterocycles. The topological polar surface area (TPSA) is 139 Å². The van der Waals surface area contributed by atoms with Gasteiger partial charge in [0.2, 0.25) is 0 Å². The SMILES string of the molecule is CCNc1cc(C(=O)NCCNC(N)=O)ccc1[N+](=O)[O-]. The van der Waals surface area contributed by atoms with Crippen LogP contribution in [0.15, 0.2) is 18.2 Å². The van der Waals surface area contributed by atoms with Crippen LogP contribution < -0.4 is 21.7 Å². The Morgan fingerprint density at radius 2 is 1.95 bits per heavy atom. The third-order valence-corrected chi connectivity index (χ3v) is 2.53. The number of primary amides is 1. The van der Waals surface area contributed by atoms with Crippen LogP contribution in [0.25, 0.3) is 0 Å². The molecule has 5 N–H and O–H groups in total. The van der Waals surface area contributed by atoms with Crippen molar-refractivity contribution >= 4 is 23.3 Å². The smallest absolute Gasteiger partial charge is 0.312 e. The van der Waals surface area contributed by atoms with Gasteiger partial charge in [-0.2, -0.15) is 0 Å². The van der Waals surface area contributed by atoms with Crippen LogP contribution in [0.4, 0.5) is 16.2 Å². The van der Waals surface area contributed by atoms with Crippen LogP contribution in [0.2, 0.25) is 0 Å². The second-order valence-electron chi connectivity index (χ2n) is 4.07. The lowest BCUT2D eigenvalue weighted by Gasteiger charge is -2.08. The van der Waals surface area contributed by atoms with Gasteiger partial charge in [0.1, 0.15) is 5.69 Å². The Kier molecular flexibility index (Phi) is 5.93. The molecule has 3 amide bonds. The summed E-state index contributed by atoms with van der Waals surface area (Å²) < 4.78 is 0. The second kappa shape index (κ2) is 7.68. The summed E-state index contributed by atoms with van der Waals surface area (Å²) in [4.78, 5) is 32.7. The minimum Gasteiger partial charge on any atom is -0.380 e. The number of carbonyl (C=O) groups excluding carboxylic acids is 2. The lowest BCUT2D eigenvalue weighted by Crippen LogP contribution is -2.37. The van der Waals surface area contributed by atoms with E-state index in [1.807, 2.05) is 0 Å². The third kappa shape index (κ3) is 4.97. The van der Waals surface area contributed by atoms with Crippen LogP contribution >= 0.6 is 0 Å². The minimum atomic E-state index is -0.672. The predicted octanol–water partition coefficient (Wildman–Crippen LogP) is 0.425. The molecule has 0 fully saturated rings. The molecule has 1 aromatic rings. The number of benzene rings is 1. The van der Waals surface area contributed by atoms with Crippen LogP contribution in [0.1, 0.15) is 17.3 Å². The van der Waals surface area contributed by atoms with Crippen LogP contribution in [0.5, 0.6) is 0 Å². The number of carbonyl (C=O) groups is 2. The molecule has 0 atom stereocenters. The predicted molar refractivity (Wildman–Crippen MR) is 77.2 cm³/mol. The van der Waals surface area contributed by atoms with E-state index in [9.17, 15) is 19.7 Å². The first-order valence-corrected chi connectivity index (χ1v) is 6.29. The Hall–Kier alpha value is -2.84. The maximum absolute atomic E-state index is 11.9. The number of nitrogens with two attached hydrogens (primary N) is 1. The van der Waals surface area contributed by atoms with Gasteiger partial charge in [-0.1, -0.05) is 0 Å². The zero-order chi connectivity index (χ0) is 15.8. The molecule has 0 unspecified atom stereocenters. The van der Waals surface area contributed by atoms with Gasteiger partial charge in [-0.3, -0.25) is 14.9 Å². The first-order valence-electron chi connectivity index (χ1n) is 6.29. The zero-order valence-electron chi connectivity index (χ0n) is 11.5. The molecule has 0 radical (unpaired) electrons. The van der Waals surface area contributed by atoms with Crippen LogP contribution in [-0.4, -0.2) is 36.5 Å². The van der Waals surface area contributed by atoms with E-state index in [1.54, 1.807) is 6.92 Å². The van der Waals surface area contributed by atoms with Gasteiger partial charge in [0.05, 0.1) is 4.92 Å². The Balaban J connectivity index is 2.74. The van der Waals surface area contributed by atoms with E-state index < -0.39 is 16.9 Å². The minimum absolute atomic E-state index is 0.0937. The largest absolute Gasteiger partial charge is 0.380 e. The zero-order valence-corrected chi connectivity index (χ0v) is 11.5. The van der Waals surface area contributed by atoms with Gasteiger partial charge in [0.15, 0.2) is 0 Å². The van der Waals surface area contributed by atoms with Crippen molar-refractivity contribution < 1.29 is 14.5 Å². The Bertz CT molecular complexity index is 546. The van der Waals surface area contributed by atoms with Crippen molar-refractivity contribution in [2.45, 2.75) is 6.92 Å². The van der Waals surface area contributed by atoms with E-state index in [1.165, 1.54) is 18.2 Å². The molecule has 9 nitrogen and oxygen atoms in total. The number of rotatable bonds is 7. The fourth-order valence-corrected chi connectivity index (χ4v) is 1.63. The maximum Gasteiger partial charge on any atom is 0.312 e. The number of nitrogens with one attached hydrogen (secondary N) is 3. The molecule has 0 aliphatic heterocycles. The van der Waals surface area contributed by atoms with Crippen molar-refractivity contribution in [1.29, 1.82) is 0 Å². The molecule has 0 bridgehead atoms. The lowest BCUT2D eigenvalue weighted by molar-refractivity contribution is -0.384. The van der Waals surface area contributed by atoms with E-state index in [-0.39, 0.29) is 30.0 Å². The van der Waals surface area contributed by atoms with Crippen LogP contribution in [0.3, 0.4) is 0 Å². The van der Waals surface area contributed by atoms with Gasteiger partial charge in [-0.05, 0) is 19.1 Å². The van der Waals surface area contributed by atoms with Crippen molar-refractivity contribution in [3.05, 3.63) is 33.9 Å². The average molecular weight is 295 g/mol. The number of urea groups is 1. The number of amides is 3. The van der Waals surface area contributed by atoms with Gasteiger partial charge in [-0.15, -0.1) is 0 Å². The molecule has 1 rings (SSSR count). The van der Waals surface area contributed by atoms with E-state index >= 15 is 0 Å². The van der Waals surface area contributed by atoms with Gasteiger partial charge in [0.25, 0.3) is 11.6 Å². The van der Waals surface area contributed by atoms with Crippen molar-refractivity contribution in [2.75, 3.05) is 25.0 Å². The molecular weight excluding hydrogens is 278 g/mol. The van der Waals surface area contributed by atoms with E-state index in [2.05, 4.69) is 16.0 Å².